The molecule has 5 nitrogen and oxygen atoms in total. The van der Waals surface area contributed by atoms with Crippen LogP contribution in [0.3, 0.4) is 0 Å². The highest BCUT2D eigenvalue weighted by Crippen LogP contribution is 2.19. The fraction of sp³-hybridized carbons (Fsp3) is 0.231. The van der Waals surface area contributed by atoms with Gasteiger partial charge in [0.1, 0.15) is 5.01 Å². The molecule has 0 aliphatic heterocycles. The van der Waals surface area contributed by atoms with Gasteiger partial charge in [0.15, 0.2) is 0 Å². The molecular weight excluding hydrogens is 260 g/mol. The highest BCUT2D eigenvalue weighted by Gasteiger charge is 2.16. The predicted octanol–water partition coefficient (Wildman–Crippen LogP) is 2.23. The molecule has 1 aromatic carbocycles. The van der Waals surface area contributed by atoms with Gasteiger partial charge in [-0.2, -0.15) is 0 Å². The Balaban J connectivity index is 2.12. The highest BCUT2D eigenvalue weighted by atomic mass is 32.1. The molecule has 1 amide bonds. The zero-order chi connectivity index (χ0) is 13.8. The number of para-hydroxylation sites is 1. The molecule has 4 N–H and O–H groups in total. The number of nitrogens with two attached hydrogens (primary N) is 1. The Labute approximate surface area is 115 Å². The number of nitrogens with one attached hydrogen (secondary N) is 2. The summed E-state index contributed by atoms with van der Waals surface area (Å²) in [5.41, 5.74) is 4.60. The molecule has 1 aromatic heterocycles. The third-order valence-electron chi connectivity index (χ3n) is 2.68. The van der Waals surface area contributed by atoms with Gasteiger partial charge in [-0.1, -0.05) is 12.1 Å². The molecule has 0 fully saturated rings. The molecule has 2 aromatic rings. The number of anilines is 1. The number of hydrogen-bond acceptors (Lipinski definition) is 5. The third kappa shape index (κ3) is 3.10. The first-order chi connectivity index (χ1) is 9.11. The van der Waals surface area contributed by atoms with Crippen LogP contribution in [0.1, 0.15) is 34.0 Å². The number of hydrazine groups is 1. The van der Waals surface area contributed by atoms with Gasteiger partial charge in [-0.25, -0.2) is 4.98 Å². The molecule has 0 saturated heterocycles. The van der Waals surface area contributed by atoms with Gasteiger partial charge in [0.05, 0.1) is 17.3 Å². The highest BCUT2D eigenvalue weighted by molar-refractivity contribution is 7.09. The molecule has 6 heteroatoms. The van der Waals surface area contributed by atoms with Crippen LogP contribution in [-0.4, -0.2) is 10.9 Å². The van der Waals surface area contributed by atoms with Crippen molar-refractivity contribution in [2.24, 2.45) is 5.84 Å². The van der Waals surface area contributed by atoms with Crippen LogP contribution in [0.15, 0.2) is 29.6 Å². The van der Waals surface area contributed by atoms with Gasteiger partial charge in [-0.3, -0.25) is 10.6 Å². The second kappa shape index (κ2) is 5.81. The lowest BCUT2D eigenvalue weighted by molar-refractivity contribution is 0.0940. The molecule has 2 rings (SSSR count). The fourth-order valence-electron chi connectivity index (χ4n) is 1.71. The number of aryl methyl sites for hydroxylation is 1. The molecular formula is C13H16N4OS. The van der Waals surface area contributed by atoms with Crippen molar-refractivity contribution in [1.82, 2.24) is 10.3 Å². The Kier molecular flexibility index (Phi) is 4.13. The zero-order valence-electron chi connectivity index (χ0n) is 10.8. The molecule has 19 heavy (non-hydrogen) atoms. The van der Waals surface area contributed by atoms with Gasteiger partial charge >= 0.3 is 0 Å². The van der Waals surface area contributed by atoms with Gasteiger partial charge in [-0.05, 0) is 26.0 Å². The largest absolute Gasteiger partial charge is 0.343 e. The summed E-state index contributed by atoms with van der Waals surface area (Å²) in [6, 6.07) is 6.97. The SMILES string of the molecule is Cc1csc(C(C)NC(=O)c2ccccc2NN)n1. The van der Waals surface area contributed by atoms with E-state index in [4.69, 9.17) is 5.84 Å². The summed E-state index contributed by atoms with van der Waals surface area (Å²) in [5.74, 6) is 5.22. The molecule has 1 atom stereocenters. The van der Waals surface area contributed by atoms with E-state index in [-0.39, 0.29) is 11.9 Å². The maximum atomic E-state index is 12.2. The van der Waals surface area contributed by atoms with Crippen LogP contribution in [0.25, 0.3) is 0 Å². The number of carbonyl (C=O) groups excluding carboxylic acids is 1. The van der Waals surface area contributed by atoms with Gasteiger partial charge in [-0.15, -0.1) is 11.3 Å². The average Bonchev–Trinajstić information content (AvgIpc) is 2.85. The number of aromatic nitrogens is 1. The Morgan fingerprint density at radius 3 is 2.79 bits per heavy atom. The van der Waals surface area contributed by atoms with Crippen LogP contribution >= 0.6 is 11.3 Å². The molecule has 0 spiro atoms. The summed E-state index contributed by atoms with van der Waals surface area (Å²) in [4.78, 5) is 16.5. The van der Waals surface area contributed by atoms with Gasteiger partial charge in [0, 0.05) is 11.1 Å². The minimum atomic E-state index is -0.172. The molecule has 1 heterocycles. The monoisotopic (exact) mass is 276 g/mol. The van der Waals surface area contributed by atoms with Crippen LogP contribution in [-0.2, 0) is 0 Å². The quantitative estimate of drug-likeness (QED) is 0.591. The van der Waals surface area contributed by atoms with Gasteiger partial charge < -0.3 is 10.7 Å². The van der Waals surface area contributed by atoms with Crippen LogP contribution in [0.5, 0.6) is 0 Å². The Morgan fingerprint density at radius 1 is 1.42 bits per heavy atom. The van der Waals surface area contributed by atoms with E-state index in [0.29, 0.717) is 11.3 Å². The first kappa shape index (κ1) is 13.5. The number of amides is 1. The van der Waals surface area contributed by atoms with Crippen molar-refractivity contribution in [1.29, 1.82) is 0 Å². The number of hydrogen-bond donors (Lipinski definition) is 3. The summed E-state index contributed by atoms with van der Waals surface area (Å²) >= 11 is 1.54. The van der Waals surface area contributed by atoms with Crippen LogP contribution in [0.2, 0.25) is 0 Å². The molecule has 1 unspecified atom stereocenters. The van der Waals surface area contributed by atoms with Crippen LogP contribution < -0.4 is 16.6 Å². The number of carbonyl (C=O) groups is 1. The summed E-state index contributed by atoms with van der Waals surface area (Å²) in [6.45, 7) is 3.84. The van der Waals surface area contributed by atoms with E-state index < -0.39 is 0 Å². The molecule has 0 aliphatic rings. The Morgan fingerprint density at radius 2 is 2.16 bits per heavy atom. The maximum Gasteiger partial charge on any atom is 0.253 e. The van der Waals surface area contributed by atoms with Crippen molar-refractivity contribution in [3.8, 4) is 0 Å². The van der Waals surface area contributed by atoms with Crippen molar-refractivity contribution in [2.45, 2.75) is 19.9 Å². The topological polar surface area (TPSA) is 80.0 Å². The fourth-order valence-corrected chi connectivity index (χ4v) is 2.52. The van der Waals surface area contributed by atoms with Crippen LogP contribution in [0, 0.1) is 6.92 Å². The van der Waals surface area contributed by atoms with E-state index in [2.05, 4.69) is 15.7 Å². The molecule has 0 bridgehead atoms. The maximum absolute atomic E-state index is 12.2. The molecule has 0 saturated carbocycles. The van der Waals surface area contributed by atoms with Gasteiger partial charge in [0.2, 0.25) is 0 Å². The van der Waals surface area contributed by atoms with E-state index >= 15 is 0 Å². The minimum absolute atomic E-state index is 0.128. The number of benzene rings is 1. The summed E-state index contributed by atoms with van der Waals surface area (Å²) in [5, 5.41) is 5.77. The lowest BCUT2D eigenvalue weighted by Gasteiger charge is -2.13. The molecule has 100 valence electrons. The molecule has 0 aliphatic carbocycles. The zero-order valence-corrected chi connectivity index (χ0v) is 11.6. The second-order valence-corrected chi connectivity index (χ2v) is 5.10. The third-order valence-corrected chi connectivity index (χ3v) is 3.83. The van der Waals surface area contributed by atoms with E-state index in [1.807, 2.05) is 25.3 Å². The van der Waals surface area contributed by atoms with Crippen molar-refractivity contribution >= 4 is 22.9 Å². The first-order valence-corrected chi connectivity index (χ1v) is 6.78. The standard InChI is InChI=1S/C13H16N4OS/c1-8-7-19-13(15-8)9(2)16-12(18)10-5-3-4-6-11(10)17-14/h3-7,9,17H,14H2,1-2H3,(H,16,18). The van der Waals surface area contributed by atoms with E-state index in [1.165, 1.54) is 11.3 Å². The van der Waals surface area contributed by atoms with Crippen molar-refractivity contribution in [3.63, 3.8) is 0 Å². The van der Waals surface area contributed by atoms with Crippen molar-refractivity contribution in [2.75, 3.05) is 5.43 Å². The minimum Gasteiger partial charge on any atom is -0.343 e. The lowest BCUT2D eigenvalue weighted by Crippen LogP contribution is -2.27. The molecule has 0 radical (unpaired) electrons. The smallest absolute Gasteiger partial charge is 0.253 e. The van der Waals surface area contributed by atoms with Gasteiger partial charge in [0.25, 0.3) is 5.91 Å². The van der Waals surface area contributed by atoms with E-state index in [1.54, 1.807) is 18.2 Å². The number of rotatable bonds is 4. The lowest BCUT2D eigenvalue weighted by atomic mass is 10.1. The summed E-state index contributed by atoms with van der Waals surface area (Å²) < 4.78 is 0. The average molecular weight is 276 g/mol. The Hall–Kier alpha value is -1.92. The van der Waals surface area contributed by atoms with Crippen molar-refractivity contribution in [3.05, 3.63) is 45.9 Å². The predicted molar refractivity (Wildman–Crippen MR) is 77.0 cm³/mol. The van der Waals surface area contributed by atoms with E-state index in [9.17, 15) is 4.79 Å². The first-order valence-electron chi connectivity index (χ1n) is 5.90. The Bertz CT molecular complexity index is 582. The second-order valence-electron chi connectivity index (χ2n) is 4.21. The summed E-state index contributed by atoms with van der Waals surface area (Å²) in [6.07, 6.45) is 0. The number of thiazole rings is 1. The van der Waals surface area contributed by atoms with Crippen molar-refractivity contribution < 1.29 is 4.79 Å². The van der Waals surface area contributed by atoms with E-state index in [0.717, 1.165) is 10.7 Å². The van der Waals surface area contributed by atoms with Crippen LogP contribution in [0.4, 0.5) is 5.69 Å². The number of nitrogen functional groups attached to an aromatic ring is 1. The number of nitrogens with zero attached hydrogens (tertiary/aromatic N) is 1. The normalized spacial score (nSPS) is 11.9. The summed E-state index contributed by atoms with van der Waals surface area (Å²) in [7, 11) is 0.